The summed E-state index contributed by atoms with van der Waals surface area (Å²) < 4.78 is 32.7. The van der Waals surface area contributed by atoms with Crippen molar-refractivity contribution >= 4 is 38.7 Å². The first-order chi connectivity index (χ1) is 13.9. The number of likely N-dealkylation sites (tertiary alicyclic amines) is 1. The van der Waals surface area contributed by atoms with Crippen molar-refractivity contribution in [1.82, 2.24) is 18.5 Å². The molecule has 3 heterocycles. The molecular formula is C18H29N5O5S2. The van der Waals surface area contributed by atoms with Gasteiger partial charge in [0.1, 0.15) is 5.60 Å². The lowest BCUT2D eigenvalue weighted by molar-refractivity contribution is -0.119. The Kier molecular flexibility index (Phi) is 6.42. The molecule has 2 aliphatic heterocycles. The molecule has 1 saturated heterocycles. The summed E-state index contributed by atoms with van der Waals surface area (Å²) in [5.41, 5.74) is 0.244. The molecule has 0 bridgehead atoms. The van der Waals surface area contributed by atoms with E-state index in [0.29, 0.717) is 37.6 Å². The third kappa shape index (κ3) is 5.10. The standard InChI is InChI=1S/C18H29N5O5S2/c1-18(2,3)28-17(25)22-8-6-12(10-22)15(24)20-16-19-13-7-9-23(11-14(13)29-16)30(26,27)21(4)5/h12H,6-11H2,1-5H3,(H,19,20,24)/t12-/m0/s1. The van der Waals surface area contributed by atoms with Crippen LogP contribution in [0.15, 0.2) is 0 Å². The number of hydrogen-bond donors (Lipinski definition) is 1. The molecule has 1 aromatic heterocycles. The number of thiazole rings is 1. The number of nitrogens with zero attached hydrogens (tertiary/aromatic N) is 4. The van der Waals surface area contributed by atoms with E-state index in [0.717, 1.165) is 10.6 Å². The number of aromatic nitrogens is 1. The fourth-order valence-corrected chi connectivity index (χ4v) is 5.51. The highest BCUT2D eigenvalue weighted by atomic mass is 32.2. The fourth-order valence-electron chi connectivity index (χ4n) is 3.33. The topological polar surface area (TPSA) is 112 Å². The highest BCUT2D eigenvalue weighted by Crippen LogP contribution is 2.30. The smallest absolute Gasteiger partial charge is 0.410 e. The second-order valence-corrected chi connectivity index (χ2v) is 11.9. The minimum atomic E-state index is -3.49. The molecule has 1 fully saturated rings. The number of amides is 2. The van der Waals surface area contributed by atoms with E-state index in [-0.39, 0.29) is 18.4 Å². The van der Waals surface area contributed by atoms with Gasteiger partial charge < -0.3 is 15.0 Å². The average molecular weight is 460 g/mol. The summed E-state index contributed by atoms with van der Waals surface area (Å²) in [4.78, 5) is 31.7. The van der Waals surface area contributed by atoms with Crippen molar-refractivity contribution < 1.29 is 22.7 Å². The quantitative estimate of drug-likeness (QED) is 0.730. The van der Waals surface area contributed by atoms with E-state index in [1.165, 1.54) is 34.0 Å². The largest absolute Gasteiger partial charge is 0.444 e. The van der Waals surface area contributed by atoms with Gasteiger partial charge in [-0.05, 0) is 27.2 Å². The number of carbonyl (C=O) groups is 2. The van der Waals surface area contributed by atoms with E-state index < -0.39 is 21.9 Å². The van der Waals surface area contributed by atoms with Crippen molar-refractivity contribution in [2.75, 3.05) is 39.0 Å². The van der Waals surface area contributed by atoms with Crippen LogP contribution in [-0.2, 0) is 32.7 Å². The Morgan fingerprint density at radius 2 is 1.97 bits per heavy atom. The van der Waals surface area contributed by atoms with E-state index in [1.54, 1.807) is 25.7 Å². The number of rotatable bonds is 4. The zero-order valence-electron chi connectivity index (χ0n) is 18.0. The van der Waals surface area contributed by atoms with Gasteiger partial charge in [0, 0.05) is 45.0 Å². The lowest BCUT2D eigenvalue weighted by atomic mass is 10.1. The summed E-state index contributed by atoms with van der Waals surface area (Å²) in [6, 6.07) is 0. The molecule has 0 aromatic carbocycles. The molecule has 0 saturated carbocycles. The monoisotopic (exact) mass is 459 g/mol. The molecule has 0 unspecified atom stereocenters. The van der Waals surface area contributed by atoms with Crippen LogP contribution in [0.4, 0.5) is 9.93 Å². The molecule has 1 N–H and O–H groups in total. The van der Waals surface area contributed by atoms with E-state index in [2.05, 4.69) is 10.3 Å². The highest BCUT2D eigenvalue weighted by molar-refractivity contribution is 7.86. The molecule has 2 aliphatic rings. The van der Waals surface area contributed by atoms with Crippen LogP contribution in [-0.4, -0.2) is 78.2 Å². The van der Waals surface area contributed by atoms with Crippen LogP contribution in [0, 0.1) is 5.92 Å². The fraction of sp³-hybridized carbons (Fsp3) is 0.722. The third-order valence-corrected chi connectivity index (χ3v) is 7.81. The lowest BCUT2D eigenvalue weighted by Crippen LogP contribution is -2.42. The first-order valence-corrected chi connectivity index (χ1v) is 12.0. The van der Waals surface area contributed by atoms with Gasteiger partial charge in [0.25, 0.3) is 10.2 Å². The lowest BCUT2D eigenvalue weighted by Gasteiger charge is -2.27. The van der Waals surface area contributed by atoms with Gasteiger partial charge in [0.2, 0.25) is 5.91 Å². The minimum absolute atomic E-state index is 0.190. The number of hydrogen-bond acceptors (Lipinski definition) is 7. The molecule has 30 heavy (non-hydrogen) atoms. The number of nitrogens with one attached hydrogen (secondary N) is 1. The maximum absolute atomic E-state index is 12.7. The summed E-state index contributed by atoms with van der Waals surface area (Å²) in [7, 11) is -0.477. The first kappa shape index (κ1) is 22.9. The van der Waals surface area contributed by atoms with Crippen LogP contribution >= 0.6 is 11.3 Å². The third-order valence-electron chi connectivity index (χ3n) is 4.92. The number of carbonyl (C=O) groups excluding carboxylic acids is 2. The zero-order chi connectivity index (χ0) is 22.3. The molecule has 1 aromatic rings. The van der Waals surface area contributed by atoms with Crippen molar-refractivity contribution in [3.05, 3.63) is 10.6 Å². The van der Waals surface area contributed by atoms with Crippen LogP contribution in [0.3, 0.4) is 0 Å². The van der Waals surface area contributed by atoms with Crippen molar-refractivity contribution in [2.45, 2.75) is 45.8 Å². The van der Waals surface area contributed by atoms with E-state index >= 15 is 0 Å². The van der Waals surface area contributed by atoms with Gasteiger partial charge in [-0.25, -0.2) is 9.78 Å². The average Bonchev–Trinajstić information content (AvgIpc) is 3.26. The van der Waals surface area contributed by atoms with E-state index in [1.807, 2.05) is 0 Å². The second-order valence-electron chi connectivity index (χ2n) is 8.66. The summed E-state index contributed by atoms with van der Waals surface area (Å²) in [6.45, 7) is 6.80. The summed E-state index contributed by atoms with van der Waals surface area (Å²) >= 11 is 1.30. The molecule has 12 heteroatoms. The zero-order valence-corrected chi connectivity index (χ0v) is 19.6. The summed E-state index contributed by atoms with van der Waals surface area (Å²) in [5, 5.41) is 3.30. The number of fused-ring (bicyclic) bond motifs is 1. The van der Waals surface area contributed by atoms with Gasteiger partial charge >= 0.3 is 6.09 Å². The predicted molar refractivity (Wildman–Crippen MR) is 113 cm³/mol. The number of anilines is 1. The van der Waals surface area contributed by atoms with Gasteiger partial charge in [0.15, 0.2) is 5.13 Å². The summed E-state index contributed by atoms with van der Waals surface area (Å²) in [6.07, 6.45) is 0.653. The van der Waals surface area contributed by atoms with E-state index in [4.69, 9.17) is 4.74 Å². The SMILES string of the molecule is CN(C)S(=O)(=O)N1CCc2nc(NC(=O)[C@H]3CCN(C(=O)OC(C)(C)C)C3)sc2C1. The molecule has 168 valence electrons. The molecular weight excluding hydrogens is 430 g/mol. The van der Waals surface area contributed by atoms with Gasteiger partial charge in [-0.1, -0.05) is 0 Å². The Labute approximate surface area is 181 Å². The maximum atomic E-state index is 12.7. The van der Waals surface area contributed by atoms with Crippen LogP contribution in [0.2, 0.25) is 0 Å². The van der Waals surface area contributed by atoms with Crippen molar-refractivity contribution in [3.8, 4) is 0 Å². The summed E-state index contributed by atoms with van der Waals surface area (Å²) in [5.74, 6) is -0.519. The van der Waals surface area contributed by atoms with Crippen molar-refractivity contribution in [3.63, 3.8) is 0 Å². The normalized spacial score (nSPS) is 20.3. The molecule has 1 atom stereocenters. The Morgan fingerprint density at radius 1 is 1.27 bits per heavy atom. The van der Waals surface area contributed by atoms with Crippen LogP contribution in [0.25, 0.3) is 0 Å². The molecule has 0 spiro atoms. The van der Waals surface area contributed by atoms with Crippen LogP contribution in [0.1, 0.15) is 37.8 Å². The Balaban J connectivity index is 1.59. The molecule has 0 aliphatic carbocycles. The second kappa shape index (κ2) is 8.40. The molecule has 0 radical (unpaired) electrons. The van der Waals surface area contributed by atoms with Gasteiger partial charge in [-0.2, -0.15) is 17.0 Å². The van der Waals surface area contributed by atoms with Crippen molar-refractivity contribution in [2.24, 2.45) is 5.92 Å². The Hall–Kier alpha value is -1.76. The van der Waals surface area contributed by atoms with E-state index in [9.17, 15) is 18.0 Å². The Morgan fingerprint density at radius 3 is 2.60 bits per heavy atom. The molecule has 10 nitrogen and oxygen atoms in total. The van der Waals surface area contributed by atoms with Gasteiger partial charge in [-0.3, -0.25) is 4.79 Å². The molecule has 2 amide bonds. The molecule has 3 rings (SSSR count). The van der Waals surface area contributed by atoms with Gasteiger partial charge in [-0.15, -0.1) is 11.3 Å². The maximum Gasteiger partial charge on any atom is 0.410 e. The predicted octanol–water partition coefficient (Wildman–Crippen LogP) is 1.50. The van der Waals surface area contributed by atoms with Crippen LogP contribution in [0.5, 0.6) is 0 Å². The van der Waals surface area contributed by atoms with Crippen LogP contribution < -0.4 is 5.32 Å². The minimum Gasteiger partial charge on any atom is -0.444 e. The van der Waals surface area contributed by atoms with Crippen molar-refractivity contribution in [1.29, 1.82) is 0 Å². The first-order valence-electron chi connectivity index (χ1n) is 9.82. The Bertz CT molecular complexity index is 922. The number of ether oxygens (including phenoxy) is 1. The highest BCUT2D eigenvalue weighted by Gasteiger charge is 2.35. The van der Waals surface area contributed by atoms with Gasteiger partial charge in [0.05, 0.1) is 18.2 Å².